The van der Waals surface area contributed by atoms with Crippen LogP contribution in [-0.2, 0) is 6.42 Å². The lowest BCUT2D eigenvalue weighted by Gasteiger charge is -2.16. The van der Waals surface area contributed by atoms with Crippen LogP contribution in [0.5, 0.6) is 5.75 Å². The molecular weight excluding hydrogens is 220 g/mol. The zero-order chi connectivity index (χ0) is 12.4. The van der Waals surface area contributed by atoms with Crippen molar-refractivity contribution in [2.45, 2.75) is 12.8 Å². The van der Waals surface area contributed by atoms with Crippen LogP contribution < -0.4 is 4.74 Å². The van der Waals surface area contributed by atoms with Crippen molar-refractivity contribution in [2.24, 2.45) is 0 Å². The molecule has 1 nitrogen and oxygen atoms in total. The van der Waals surface area contributed by atoms with Gasteiger partial charge in [0.05, 0.1) is 7.11 Å². The standard InChI is InChI=1S/C17H15O/c1-18-17-10-8-14(9-11-17)16-7-6-13-4-2-3-5-15(13)12-16/h2-5,8-11H,6-7H2,1H3. The number of benzene rings is 2. The molecule has 1 aliphatic rings. The fourth-order valence-corrected chi connectivity index (χ4v) is 2.35. The van der Waals surface area contributed by atoms with Crippen LogP contribution in [0.3, 0.4) is 0 Å². The van der Waals surface area contributed by atoms with Gasteiger partial charge in [0.15, 0.2) is 0 Å². The van der Waals surface area contributed by atoms with Crippen LogP contribution in [0.2, 0.25) is 0 Å². The summed E-state index contributed by atoms with van der Waals surface area (Å²) >= 11 is 0. The largest absolute Gasteiger partial charge is 0.497 e. The van der Waals surface area contributed by atoms with E-state index in [1.54, 1.807) is 7.11 Å². The molecule has 0 atom stereocenters. The first-order valence-corrected chi connectivity index (χ1v) is 6.22. The van der Waals surface area contributed by atoms with Crippen molar-refractivity contribution in [1.29, 1.82) is 0 Å². The topological polar surface area (TPSA) is 9.23 Å². The van der Waals surface area contributed by atoms with Crippen molar-refractivity contribution in [3.05, 3.63) is 71.3 Å². The summed E-state index contributed by atoms with van der Waals surface area (Å²) in [6, 6.07) is 16.7. The fourth-order valence-electron chi connectivity index (χ4n) is 2.35. The molecule has 0 saturated heterocycles. The Morgan fingerprint density at radius 3 is 2.50 bits per heavy atom. The Hall–Kier alpha value is -2.02. The molecule has 18 heavy (non-hydrogen) atoms. The molecule has 0 saturated carbocycles. The monoisotopic (exact) mass is 235 g/mol. The average Bonchev–Trinajstić information content (AvgIpc) is 2.47. The number of hydrogen-bond acceptors (Lipinski definition) is 1. The third-order valence-electron chi connectivity index (χ3n) is 3.39. The number of methoxy groups -OCH3 is 1. The highest BCUT2D eigenvalue weighted by Gasteiger charge is 2.11. The molecule has 0 amide bonds. The molecule has 2 aromatic rings. The Morgan fingerprint density at radius 2 is 1.72 bits per heavy atom. The molecule has 1 heteroatoms. The zero-order valence-electron chi connectivity index (χ0n) is 10.4. The number of fused-ring (bicyclic) bond motifs is 1. The Bertz CT molecular complexity index is 579. The molecule has 89 valence electrons. The van der Waals surface area contributed by atoms with Gasteiger partial charge in [0.2, 0.25) is 0 Å². The van der Waals surface area contributed by atoms with Crippen molar-refractivity contribution < 1.29 is 4.74 Å². The van der Waals surface area contributed by atoms with Crippen molar-refractivity contribution in [2.75, 3.05) is 7.11 Å². The highest BCUT2D eigenvalue weighted by atomic mass is 16.5. The Balaban J connectivity index is 1.96. The van der Waals surface area contributed by atoms with Crippen molar-refractivity contribution in [1.82, 2.24) is 0 Å². The maximum Gasteiger partial charge on any atom is 0.118 e. The van der Waals surface area contributed by atoms with E-state index in [0.717, 1.165) is 18.6 Å². The quantitative estimate of drug-likeness (QED) is 0.767. The molecule has 0 bridgehead atoms. The van der Waals surface area contributed by atoms with Crippen LogP contribution in [0.25, 0.3) is 5.57 Å². The average molecular weight is 235 g/mol. The highest BCUT2D eigenvalue weighted by molar-refractivity contribution is 5.69. The first-order valence-electron chi connectivity index (χ1n) is 6.22. The van der Waals surface area contributed by atoms with Gasteiger partial charge in [-0.25, -0.2) is 0 Å². The van der Waals surface area contributed by atoms with Crippen LogP contribution in [0.15, 0.2) is 48.5 Å². The fraction of sp³-hybridized carbons (Fsp3) is 0.176. The Kier molecular flexibility index (Phi) is 2.89. The van der Waals surface area contributed by atoms with E-state index in [0.29, 0.717) is 0 Å². The van der Waals surface area contributed by atoms with Gasteiger partial charge in [-0.1, -0.05) is 36.4 Å². The lowest BCUT2D eigenvalue weighted by atomic mass is 9.89. The lowest BCUT2D eigenvalue weighted by molar-refractivity contribution is 0.415. The van der Waals surface area contributed by atoms with Gasteiger partial charge in [-0.2, -0.15) is 0 Å². The molecular formula is C17H15O. The molecule has 3 rings (SSSR count). The summed E-state index contributed by atoms with van der Waals surface area (Å²) in [5.41, 5.74) is 5.16. The predicted molar refractivity (Wildman–Crippen MR) is 73.5 cm³/mol. The molecule has 0 unspecified atom stereocenters. The molecule has 0 aromatic heterocycles. The minimum absolute atomic E-state index is 0.899. The van der Waals surface area contributed by atoms with E-state index in [2.05, 4.69) is 42.5 Å². The van der Waals surface area contributed by atoms with Gasteiger partial charge >= 0.3 is 0 Å². The first kappa shape index (κ1) is 11.1. The van der Waals surface area contributed by atoms with Gasteiger partial charge in [-0.05, 0) is 53.3 Å². The van der Waals surface area contributed by atoms with Crippen molar-refractivity contribution >= 4 is 5.57 Å². The van der Waals surface area contributed by atoms with Crippen LogP contribution in [-0.4, -0.2) is 7.11 Å². The summed E-state index contributed by atoms with van der Waals surface area (Å²) in [5.74, 6) is 0.899. The van der Waals surface area contributed by atoms with Gasteiger partial charge in [0, 0.05) is 0 Å². The van der Waals surface area contributed by atoms with E-state index in [1.165, 1.54) is 22.3 Å². The molecule has 0 fully saturated rings. The molecule has 0 N–H and O–H groups in total. The number of ether oxygens (including phenoxy) is 1. The van der Waals surface area contributed by atoms with Gasteiger partial charge in [0.25, 0.3) is 0 Å². The summed E-state index contributed by atoms with van der Waals surface area (Å²) in [7, 11) is 1.69. The van der Waals surface area contributed by atoms with Gasteiger partial charge < -0.3 is 4.74 Å². The van der Waals surface area contributed by atoms with Crippen molar-refractivity contribution in [3.63, 3.8) is 0 Å². The maximum absolute atomic E-state index is 5.18. The van der Waals surface area contributed by atoms with Gasteiger partial charge in [-0.3, -0.25) is 0 Å². The second-order valence-electron chi connectivity index (χ2n) is 4.49. The summed E-state index contributed by atoms with van der Waals surface area (Å²) in [6.45, 7) is 0. The molecule has 2 aromatic carbocycles. The molecule has 1 aliphatic carbocycles. The minimum atomic E-state index is 0.899. The maximum atomic E-state index is 5.18. The molecule has 0 spiro atoms. The smallest absolute Gasteiger partial charge is 0.118 e. The third-order valence-corrected chi connectivity index (χ3v) is 3.39. The second-order valence-corrected chi connectivity index (χ2v) is 4.49. The lowest BCUT2D eigenvalue weighted by Crippen LogP contribution is -2.00. The number of hydrogen-bond donors (Lipinski definition) is 0. The number of rotatable bonds is 2. The van der Waals surface area contributed by atoms with Gasteiger partial charge in [0.1, 0.15) is 5.75 Å². The molecule has 0 aliphatic heterocycles. The SMILES string of the molecule is COc1ccc(C2=[C]c3ccccc3CC2)cc1. The van der Waals surface area contributed by atoms with Gasteiger partial charge in [-0.15, -0.1) is 0 Å². The number of allylic oxidation sites excluding steroid dienone is 1. The van der Waals surface area contributed by atoms with E-state index in [4.69, 9.17) is 4.74 Å². The second kappa shape index (κ2) is 4.69. The summed E-state index contributed by atoms with van der Waals surface area (Å²) in [6.07, 6.45) is 5.69. The summed E-state index contributed by atoms with van der Waals surface area (Å²) < 4.78 is 5.18. The van der Waals surface area contributed by atoms with E-state index >= 15 is 0 Å². The van der Waals surface area contributed by atoms with E-state index in [1.807, 2.05) is 12.1 Å². The summed E-state index contributed by atoms with van der Waals surface area (Å²) in [5, 5.41) is 0. The van der Waals surface area contributed by atoms with Crippen LogP contribution >= 0.6 is 0 Å². The van der Waals surface area contributed by atoms with Crippen LogP contribution in [0.1, 0.15) is 23.1 Å². The minimum Gasteiger partial charge on any atom is -0.497 e. The zero-order valence-corrected chi connectivity index (χ0v) is 10.4. The van der Waals surface area contributed by atoms with Crippen LogP contribution in [0.4, 0.5) is 0 Å². The third kappa shape index (κ3) is 2.04. The Labute approximate surface area is 108 Å². The van der Waals surface area contributed by atoms with Crippen molar-refractivity contribution in [3.8, 4) is 5.75 Å². The molecule has 0 heterocycles. The van der Waals surface area contributed by atoms with Crippen LogP contribution in [0, 0.1) is 6.08 Å². The predicted octanol–water partition coefficient (Wildman–Crippen LogP) is 3.88. The highest BCUT2D eigenvalue weighted by Crippen LogP contribution is 2.29. The van der Waals surface area contributed by atoms with E-state index in [-0.39, 0.29) is 0 Å². The van der Waals surface area contributed by atoms with E-state index in [9.17, 15) is 0 Å². The number of aryl methyl sites for hydroxylation is 1. The van der Waals surface area contributed by atoms with E-state index < -0.39 is 0 Å². The Morgan fingerprint density at radius 1 is 0.944 bits per heavy atom. The summed E-state index contributed by atoms with van der Waals surface area (Å²) in [4.78, 5) is 0. The molecule has 1 radical (unpaired) electrons. The normalized spacial score (nSPS) is 13.7. The first-order chi connectivity index (χ1) is 8.86.